The Morgan fingerprint density at radius 3 is 2.75 bits per heavy atom. The number of fused-ring (bicyclic) bond motifs is 8. The van der Waals surface area contributed by atoms with Gasteiger partial charge in [0.25, 0.3) is 0 Å². The Morgan fingerprint density at radius 1 is 1.09 bits per heavy atom. The third-order valence-electron chi connectivity index (χ3n) is 11.7. The van der Waals surface area contributed by atoms with Crippen LogP contribution in [0.3, 0.4) is 0 Å². The molecule has 6 rings (SSSR count). The first-order valence-corrected chi connectivity index (χ1v) is 13.9. The smallest absolute Gasteiger partial charge is 0.142 e. The maximum atomic E-state index is 14.4. The second-order valence-corrected chi connectivity index (χ2v) is 13.3. The van der Waals surface area contributed by atoms with Gasteiger partial charge in [-0.3, -0.25) is 4.79 Å². The minimum absolute atomic E-state index is 0.105. The van der Waals surface area contributed by atoms with Crippen molar-refractivity contribution < 1.29 is 4.79 Å². The van der Waals surface area contributed by atoms with E-state index in [1.165, 1.54) is 51.4 Å². The Kier molecular flexibility index (Phi) is 4.98. The molecule has 9 atom stereocenters. The lowest BCUT2D eigenvalue weighted by Gasteiger charge is -2.58. The van der Waals surface area contributed by atoms with Crippen LogP contribution in [0, 0.1) is 58.2 Å². The summed E-state index contributed by atoms with van der Waals surface area (Å²) in [5.74, 6) is 6.03. The van der Waals surface area contributed by atoms with Crippen LogP contribution in [-0.2, 0) is 4.79 Å². The van der Waals surface area contributed by atoms with E-state index < -0.39 is 0 Å². The predicted octanol–water partition coefficient (Wildman–Crippen LogP) is 7.93. The van der Waals surface area contributed by atoms with E-state index in [0.29, 0.717) is 40.8 Å². The van der Waals surface area contributed by atoms with E-state index in [0.717, 1.165) is 30.6 Å². The van der Waals surface area contributed by atoms with E-state index in [1.807, 2.05) is 0 Å². The fraction of sp³-hybridized carbons (Fsp3) is 0.774. The highest BCUT2D eigenvalue weighted by atomic mass is 16.1. The van der Waals surface area contributed by atoms with Gasteiger partial charge < -0.3 is 0 Å². The van der Waals surface area contributed by atoms with E-state index >= 15 is 0 Å². The lowest BCUT2D eigenvalue weighted by atomic mass is 9.45. The largest absolute Gasteiger partial charge is 0.299 e. The Labute approximate surface area is 196 Å². The SMILES string of the molecule is CC(C)C1=CC2=CCC3C(C)(C(=O)C4CC5CC4C4CCC=CC54)CCCC3(C)C2CC1. The van der Waals surface area contributed by atoms with Gasteiger partial charge in [0.05, 0.1) is 0 Å². The zero-order chi connectivity index (χ0) is 22.3. The highest BCUT2D eigenvalue weighted by Gasteiger charge is 2.61. The first-order chi connectivity index (χ1) is 15.3. The number of hydrogen-bond donors (Lipinski definition) is 0. The number of hydrogen-bond acceptors (Lipinski definition) is 1. The molecule has 0 radical (unpaired) electrons. The summed E-state index contributed by atoms with van der Waals surface area (Å²) in [6.07, 6.45) is 22.6. The zero-order valence-corrected chi connectivity index (χ0v) is 20.9. The van der Waals surface area contributed by atoms with E-state index in [1.54, 1.807) is 11.1 Å². The van der Waals surface area contributed by atoms with Gasteiger partial charge in [-0.15, -0.1) is 0 Å². The molecule has 1 nitrogen and oxygen atoms in total. The van der Waals surface area contributed by atoms with Crippen LogP contribution in [0.15, 0.2) is 35.5 Å². The average Bonchev–Trinajstić information content (AvgIpc) is 3.38. The minimum atomic E-state index is -0.105. The fourth-order valence-electron chi connectivity index (χ4n) is 10.1. The molecular weight excluding hydrogens is 388 g/mol. The maximum absolute atomic E-state index is 14.4. The summed E-state index contributed by atoms with van der Waals surface area (Å²) in [5.41, 5.74) is 3.46. The highest BCUT2D eigenvalue weighted by molar-refractivity contribution is 5.88. The van der Waals surface area contributed by atoms with Crippen molar-refractivity contribution >= 4 is 5.78 Å². The molecule has 0 N–H and O–H groups in total. The minimum Gasteiger partial charge on any atom is -0.299 e. The monoisotopic (exact) mass is 432 g/mol. The van der Waals surface area contributed by atoms with Gasteiger partial charge >= 0.3 is 0 Å². The van der Waals surface area contributed by atoms with Crippen molar-refractivity contribution in [3.63, 3.8) is 0 Å². The summed E-state index contributed by atoms with van der Waals surface area (Å²) < 4.78 is 0. The number of rotatable bonds is 3. The molecule has 0 aromatic rings. The molecule has 174 valence electrons. The van der Waals surface area contributed by atoms with Crippen molar-refractivity contribution in [3.05, 3.63) is 35.5 Å². The summed E-state index contributed by atoms with van der Waals surface area (Å²) in [5, 5.41) is 0. The van der Waals surface area contributed by atoms with Gasteiger partial charge in [-0.05, 0) is 110 Å². The summed E-state index contributed by atoms with van der Waals surface area (Å²) in [6, 6.07) is 0. The zero-order valence-electron chi connectivity index (χ0n) is 20.9. The highest BCUT2D eigenvalue weighted by Crippen LogP contribution is 2.65. The molecule has 0 aliphatic heterocycles. The topological polar surface area (TPSA) is 17.1 Å². The number of carbonyl (C=O) groups excluding carboxylic acids is 1. The molecule has 1 heteroatoms. The number of allylic oxidation sites excluding steroid dienone is 6. The van der Waals surface area contributed by atoms with E-state index in [9.17, 15) is 4.79 Å². The van der Waals surface area contributed by atoms with Crippen LogP contribution in [0.5, 0.6) is 0 Å². The Hall–Kier alpha value is -1.11. The fourth-order valence-corrected chi connectivity index (χ4v) is 10.1. The quantitative estimate of drug-likeness (QED) is 0.414. The molecule has 2 bridgehead atoms. The second-order valence-electron chi connectivity index (χ2n) is 13.3. The van der Waals surface area contributed by atoms with Gasteiger partial charge in [0.2, 0.25) is 0 Å². The Balaban J connectivity index is 1.29. The summed E-state index contributed by atoms with van der Waals surface area (Å²) in [7, 11) is 0. The molecule has 0 saturated heterocycles. The number of Topliss-reactive ketones (excluding diaryl/α,β-unsaturated/α-hetero) is 1. The van der Waals surface area contributed by atoms with Crippen LogP contribution in [-0.4, -0.2) is 5.78 Å². The van der Waals surface area contributed by atoms with E-state index in [4.69, 9.17) is 0 Å². The van der Waals surface area contributed by atoms with Crippen molar-refractivity contribution in [3.8, 4) is 0 Å². The molecule has 9 unspecified atom stereocenters. The van der Waals surface area contributed by atoms with Crippen LogP contribution in [0.2, 0.25) is 0 Å². The first-order valence-electron chi connectivity index (χ1n) is 13.9. The van der Waals surface area contributed by atoms with Crippen LogP contribution in [0.4, 0.5) is 0 Å². The molecule has 0 spiro atoms. The molecule has 0 heterocycles. The lowest BCUT2D eigenvalue weighted by molar-refractivity contribution is -0.149. The first kappa shape index (κ1) is 21.4. The second kappa shape index (κ2) is 7.44. The lowest BCUT2D eigenvalue weighted by Crippen LogP contribution is -2.55. The standard InChI is InChI=1S/C31H44O/c1-19(2)20-10-12-27-21(16-20)11-13-28-30(27,3)14-7-15-31(28,4)29(32)26-18-22-17-25(26)24-9-6-5-8-23(22)24/h5,8,11,16,19,22-28H,6-7,9-10,12-15,17-18H2,1-4H3. The maximum Gasteiger partial charge on any atom is 0.142 e. The van der Waals surface area contributed by atoms with Gasteiger partial charge in [-0.25, -0.2) is 0 Å². The van der Waals surface area contributed by atoms with Crippen molar-refractivity contribution in [2.75, 3.05) is 0 Å². The Bertz CT molecular complexity index is 888. The molecule has 32 heavy (non-hydrogen) atoms. The van der Waals surface area contributed by atoms with Crippen LogP contribution >= 0.6 is 0 Å². The van der Waals surface area contributed by atoms with Crippen molar-refractivity contribution in [2.24, 2.45) is 58.2 Å². The van der Waals surface area contributed by atoms with Gasteiger partial charge in [0.1, 0.15) is 5.78 Å². The number of ketones is 1. The molecule has 6 aliphatic rings. The number of carbonyl (C=O) groups is 1. The Morgan fingerprint density at radius 2 is 1.94 bits per heavy atom. The normalized spacial score (nSPS) is 49.2. The van der Waals surface area contributed by atoms with Gasteiger partial charge in [0, 0.05) is 11.3 Å². The molecular formula is C31H44O. The summed E-state index contributed by atoms with van der Waals surface area (Å²) in [6.45, 7) is 9.69. The van der Waals surface area contributed by atoms with Gasteiger partial charge in [-0.1, -0.05) is 64.0 Å². The molecule has 6 aliphatic carbocycles. The third-order valence-corrected chi connectivity index (χ3v) is 11.7. The molecule has 3 saturated carbocycles. The third kappa shape index (κ3) is 2.91. The van der Waals surface area contributed by atoms with Gasteiger partial charge in [-0.2, -0.15) is 0 Å². The molecule has 0 aromatic heterocycles. The molecule has 3 fully saturated rings. The average molecular weight is 433 g/mol. The predicted molar refractivity (Wildman–Crippen MR) is 132 cm³/mol. The molecule has 0 aromatic carbocycles. The van der Waals surface area contributed by atoms with Crippen molar-refractivity contribution in [1.82, 2.24) is 0 Å². The van der Waals surface area contributed by atoms with Crippen LogP contribution in [0.25, 0.3) is 0 Å². The van der Waals surface area contributed by atoms with Crippen LogP contribution < -0.4 is 0 Å². The van der Waals surface area contributed by atoms with Crippen molar-refractivity contribution in [1.29, 1.82) is 0 Å². The van der Waals surface area contributed by atoms with Crippen molar-refractivity contribution in [2.45, 2.75) is 91.9 Å². The van der Waals surface area contributed by atoms with Crippen LogP contribution in [0.1, 0.15) is 91.9 Å². The van der Waals surface area contributed by atoms with E-state index in [-0.39, 0.29) is 5.41 Å². The summed E-state index contributed by atoms with van der Waals surface area (Å²) >= 11 is 0. The molecule has 0 amide bonds. The van der Waals surface area contributed by atoms with Gasteiger partial charge in [0.15, 0.2) is 0 Å². The van der Waals surface area contributed by atoms with E-state index in [2.05, 4.69) is 52.0 Å². The summed E-state index contributed by atoms with van der Waals surface area (Å²) in [4.78, 5) is 14.4.